The molecule has 7 nitrogen and oxygen atoms in total. The van der Waals surface area contributed by atoms with Gasteiger partial charge in [-0.05, 0) is 69.5 Å². The van der Waals surface area contributed by atoms with Gasteiger partial charge >= 0.3 is 5.97 Å². The van der Waals surface area contributed by atoms with Crippen LogP contribution in [0.2, 0.25) is 0 Å². The van der Waals surface area contributed by atoms with Crippen LogP contribution >= 0.6 is 0 Å². The van der Waals surface area contributed by atoms with Crippen molar-refractivity contribution in [2.24, 2.45) is 0 Å². The largest absolute Gasteiger partial charge is 0.451 e. The molecule has 1 heterocycles. The fraction of sp³-hybridized carbons (Fsp3) is 0.375. The van der Waals surface area contributed by atoms with Crippen LogP contribution in [0.5, 0.6) is 0 Å². The summed E-state index contributed by atoms with van der Waals surface area (Å²) in [5.74, 6) is -1.47. The summed E-state index contributed by atoms with van der Waals surface area (Å²) in [4.78, 5) is 38.8. The minimum atomic E-state index is -0.981. The lowest BCUT2D eigenvalue weighted by molar-refractivity contribution is -0.152. The van der Waals surface area contributed by atoms with E-state index in [1.54, 1.807) is 18.2 Å². The van der Waals surface area contributed by atoms with E-state index in [9.17, 15) is 14.4 Å². The first-order valence-corrected chi connectivity index (χ1v) is 10.6. The summed E-state index contributed by atoms with van der Waals surface area (Å²) in [5.41, 5.74) is 3.19. The van der Waals surface area contributed by atoms with Crippen molar-refractivity contribution < 1.29 is 19.1 Å². The number of esters is 1. The van der Waals surface area contributed by atoms with Crippen molar-refractivity contribution in [2.45, 2.75) is 39.2 Å². The van der Waals surface area contributed by atoms with E-state index in [4.69, 9.17) is 4.74 Å². The number of hydrogen-bond donors (Lipinski definition) is 2. The molecule has 1 atom stereocenters. The van der Waals surface area contributed by atoms with Crippen LogP contribution in [0, 0.1) is 6.92 Å². The highest BCUT2D eigenvalue weighted by Gasteiger charge is 2.19. The van der Waals surface area contributed by atoms with E-state index < -0.39 is 18.0 Å². The number of ether oxygens (including phenoxy) is 1. The van der Waals surface area contributed by atoms with Crippen LogP contribution in [0.25, 0.3) is 0 Å². The summed E-state index contributed by atoms with van der Waals surface area (Å²) in [5, 5.41) is 5.26. The zero-order valence-corrected chi connectivity index (χ0v) is 18.0. The molecule has 2 aromatic carbocycles. The van der Waals surface area contributed by atoms with Gasteiger partial charge in [0.25, 0.3) is 11.8 Å². The second-order valence-electron chi connectivity index (χ2n) is 7.77. The van der Waals surface area contributed by atoms with E-state index in [2.05, 4.69) is 15.5 Å². The maximum absolute atomic E-state index is 12.3. The molecule has 2 aromatic rings. The Labute approximate surface area is 182 Å². The molecule has 164 valence electrons. The first kappa shape index (κ1) is 22.3. The number of hydrogen-bond acceptors (Lipinski definition) is 5. The number of carbonyl (C=O) groups is 3. The van der Waals surface area contributed by atoms with E-state index >= 15 is 0 Å². The van der Waals surface area contributed by atoms with Gasteiger partial charge in [0.2, 0.25) is 0 Å². The number of anilines is 2. The Hall–Kier alpha value is -3.35. The molecular weight excluding hydrogens is 394 g/mol. The standard InChI is InChI=1S/C24H29N3O4/c1-17-7-6-8-19(15-17)24(30)25-16-22(28)31-18(2)23(29)26-20-9-11-21(12-10-20)27-13-4-3-5-14-27/h6-12,15,18H,3-5,13-14,16H2,1-2H3,(H,25,30)(H,26,29)/t18-/m0/s1. The van der Waals surface area contributed by atoms with Gasteiger partial charge in [0.1, 0.15) is 6.54 Å². The van der Waals surface area contributed by atoms with Crippen LogP contribution in [0.15, 0.2) is 48.5 Å². The van der Waals surface area contributed by atoms with Crippen LogP contribution in [0.1, 0.15) is 42.1 Å². The van der Waals surface area contributed by atoms with Crippen LogP contribution in [0.4, 0.5) is 11.4 Å². The molecule has 0 bridgehead atoms. The first-order chi connectivity index (χ1) is 14.9. The number of nitrogens with one attached hydrogen (secondary N) is 2. The highest BCUT2D eigenvalue weighted by atomic mass is 16.5. The third-order valence-corrected chi connectivity index (χ3v) is 5.21. The average molecular weight is 424 g/mol. The van der Waals surface area contributed by atoms with E-state index in [-0.39, 0.29) is 12.5 Å². The number of nitrogens with zero attached hydrogens (tertiary/aromatic N) is 1. The van der Waals surface area contributed by atoms with Gasteiger partial charge in [-0.1, -0.05) is 17.7 Å². The quantitative estimate of drug-likeness (QED) is 0.668. The third kappa shape index (κ3) is 6.57. The highest BCUT2D eigenvalue weighted by molar-refractivity contribution is 5.97. The molecule has 1 aliphatic heterocycles. The van der Waals surface area contributed by atoms with Crippen molar-refractivity contribution in [2.75, 3.05) is 29.9 Å². The number of amides is 2. The molecular formula is C24H29N3O4. The minimum absolute atomic E-state index is 0.311. The normalized spacial score (nSPS) is 14.5. The van der Waals surface area contributed by atoms with Crippen molar-refractivity contribution in [3.05, 3.63) is 59.7 Å². The van der Waals surface area contributed by atoms with Gasteiger partial charge in [-0.25, -0.2) is 0 Å². The van der Waals surface area contributed by atoms with E-state index in [1.165, 1.54) is 26.2 Å². The molecule has 0 unspecified atom stereocenters. The molecule has 7 heteroatoms. The van der Waals surface area contributed by atoms with Crippen LogP contribution < -0.4 is 15.5 Å². The van der Waals surface area contributed by atoms with Crippen LogP contribution in [0.3, 0.4) is 0 Å². The van der Waals surface area contributed by atoms with E-state index in [1.807, 2.05) is 37.3 Å². The van der Waals surface area contributed by atoms with Gasteiger partial charge in [0, 0.05) is 30.0 Å². The molecule has 2 N–H and O–H groups in total. The van der Waals surface area contributed by atoms with Gasteiger partial charge in [0.15, 0.2) is 6.10 Å². The number of rotatable bonds is 7. The number of carbonyl (C=O) groups excluding carboxylic acids is 3. The maximum atomic E-state index is 12.3. The van der Waals surface area contributed by atoms with Gasteiger partial charge in [0.05, 0.1) is 0 Å². The molecule has 1 aliphatic rings. The van der Waals surface area contributed by atoms with Crippen molar-refractivity contribution in [1.29, 1.82) is 0 Å². The SMILES string of the molecule is Cc1cccc(C(=O)NCC(=O)O[C@@H](C)C(=O)Nc2ccc(N3CCCCC3)cc2)c1. The van der Waals surface area contributed by atoms with E-state index in [0.717, 1.165) is 24.3 Å². The van der Waals surface area contributed by atoms with Gasteiger partial charge < -0.3 is 20.3 Å². The molecule has 0 radical (unpaired) electrons. The Morgan fingerprint density at radius 2 is 1.74 bits per heavy atom. The Morgan fingerprint density at radius 1 is 1.03 bits per heavy atom. The highest BCUT2D eigenvalue weighted by Crippen LogP contribution is 2.22. The summed E-state index contributed by atoms with van der Waals surface area (Å²) in [6, 6.07) is 14.7. The lowest BCUT2D eigenvalue weighted by Crippen LogP contribution is -2.35. The average Bonchev–Trinajstić information content (AvgIpc) is 2.78. The van der Waals surface area contributed by atoms with Gasteiger partial charge in [-0.3, -0.25) is 14.4 Å². The van der Waals surface area contributed by atoms with Crippen molar-refractivity contribution in [1.82, 2.24) is 5.32 Å². The van der Waals surface area contributed by atoms with Crippen molar-refractivity contribution in [3.63, 3.8) is 0 Å². The number of piperidine rings is 1. The zero-order valence-electron chi connectivity index (χ0n) is 18.0. The monoisotopic (exact) mass is 423 g/mol. The van der Waals surface area contributed by atoms with E-state index in [0.29, 0.717) is 11.3 Å². The molecule has 0 spiro atoms. The van der Waals surface area contributed by atoms with Gasteiger partial charge in [-0.15, -0.1) is 0 Å². The lowest BCUT2D eigenvalue weighted by atomic mass is 10.1. The molecule has 0 saturated carbocycles. The fourth-order valence-electron chi connectivity index (χ4n) is 3.48. The molecule has 2 amide bonds. The summed E-state index contributed by atoms with van der Waals surface area (Å²) in [6.45, 7) is 5.18. The Morgan fingerprint density at radius 3 is 2.42 bits per heavy atom. The summed E-state index contributed by atoms with van der Waals surface area (Å²) in [6.07, 6.45) is 2.70. The smallest absolute Gasteiger partial charge is 0.326 e. The second-order valence-corrected chi connectivity index (χ2v) is 7.77. The van der Waals surface area contributed by atoms with Crippen molar-refractivity contribution >= 4 is 29.2 Å². The predicted octanol–water partition coefficient (Wildman–Crippen LogP) is 3.29. The number of benzene rings is 2. The van der Waals surface area contributed by atoms with Crippen LogP contribution in [-0.2, 0) is 14.3 Å². The Bertz CT molecular complexity index is 921. The minimum Gasteiger partial charge on any atom is -0.451 e. The molecule has 0 aromatic heterocycles. The first-order valence-electron chi connectivity index (χ1n) is 10.6. The topological polar surface area (TPSA) is 87.7 Å². The Balaban J connectivity index is 1.44. The number of aryl methyl sites for hydroxylation is 1. The lowest BCUT2D eigenvalue weighted by Gasteiger charge is -2.28. The maximum Gasteiger partial charge on any atom is 0.326 e. The van der Waals surface area contributed by atoms with Gasteiger partial charge in [-0.2, -0.15) is 0 Å². The third-order valence-electron chi connectivity index (χ3n) is 5.21. The van der Waals surface area contributed by atoms with Crippen molar-refractivity contribution in [3.8, 4) is 0 Å². The molecule has 1 saturated heterocycles. The molecule has 1 fully saturated rings. The summed E-state index contributed by atoms with van der Waals surface area (Å²) >= 11 is 0. The second kappa shape index (κ2) is 10.6. The fourth-order valence-corrected chi connectivity index (χ4v) is 3.48. The van der Waals surface area contributed by atoms with Crippen LogP contribution in [-0.4, -0.2) is 43.5 Å². The molecule has 0 aliphatic carbocycles. The molecule has 31 heavy (non-hydrogen) atoms. The zero-order chi connectivity index (χ0) is 22.2. The summed E-state index contributed by atoms with van der Waals surface area (Å²) in [7, 11) is 0. The Kier molecular flexibility index (Phi) is 7.65. The predicted molar refractivity (Wildman–Crippen MR) is 120 cm³/mol. The molecule has 3 rings (SSSR count). The summed E-state index contributed by atoms with van der Waals surface area (Å²) < 4.78 is 5.14.